The highest BCUT2D eigenvalue weighted by molar-refractivity contribution is 7.86. The zero-order valence-corrected chi connectivity index (χ0v) is 26.0. The van der Waals surface area contributed by atoms with E-state index in [-0.39, 0.29) is 22.2 Å². The Labute approximate surface area is 242 Å². The molecule has 6 heteroatoms. The van der Waals surface area contributed by atoms with Gasteiger partial charge in [-0.15, -0.1) is 0 Å². The lowest BCUT2D eigenvalue weighted by Crippen LogP contribution is -2.55. The van der Waals surface area contributed by atoms with Gasteiger partial charge in [-0.25, -0.2) is 0 Å². The van der Waals surface area contributed by atoms with Gasteiger partial charge in [0.05, 0.1) is 23.7 Å². The van der Waals surface area contributed by atoms with Crippen molar-refractivity contribution >= 4 is 10.1 Å². The van der Waals surface area contributed by atoms with Gasteiger partial charge in [-0.3, -0.25) is 4.18 Å². The van der Waals surface area contributed by atoms with E-state index in [0.717, 1.165) is 55.6 Å². The fourth-order valence-corrected chi connectivity index (χ4v) is 12.4. The predicted octanol–water partition coefficient (Wildman–Crippen LogP) is 7.52. The topological polar surface area (TPSA) is 61.8 Å². The molecular weight excluding hydrogens is 520 g/mol. The molecular formula is C34H50O5S. The van der Waals surface area contributed by atoms with E-state index in [1.54, 1.807) is 12.1 Å². The molecule has 1 spiro atoms. The largest absolute Gasteiger partial charge is 0.349 e. The SMILES string of the molecule is Cc1ccc(S(=O)(=O)O[C@@H]2CC[C@@]3(C)[C@H](CC[C@H]4[C@H]5C[C@@H]6O[C@]7(CC[C@H](C)CO7)[C@@H](C)[C@H]6[C@@]5(C)CC[C@@H]43)C2)cc1. The van der Waals surface area contributed by atoms with Gasteiger partial charge in [-0.2, -0.15) is 8.42 Å². The highest BCUT2D eigenvalue weighted by atomic mass is 32.2. The monoisotopic (exact) mass is 570 g/mol. The first-order valence-electron chi connectivity index (χ1n) is 16.3. The van der Waals surface area contributed by atoms with Gasteiger partial charge < -0.3 is 9.47 Å². The van der Waals surface area contributed by atoms with Gasteiger partial charge in [0.2, 0.25) is 0 Å². The smallest absolute Gasteiger partial charge is 0.297 e. The highest BCUT2D eigenvalue weighted by Gasteiger charge is 2.69. The summed E-state index contributed by atoms with van der Waals surface area (Å²) in [5.74, 6) is 4.14. The molecule has 2 saturated heterocycles. The van der Waals surface area contributed by atoms with Crippen LogP contribution in [0, 0.1) is 59.2 Å². The van der Waals surface area contributed by atoms with E-state index in [2.05, 4.69) is 27.7 Å². The van der Waals surface area contributed by atoms with E-state index in [4.69, 9.17) is 13.7 Å². The van der Waals surface area contributed by atoms with Crippen LogP contribution >= 0.6 is 0 Å². The second kappa shape index (κ2) is 9.53. The molecule has 0 amide bonds. The van der Waals surface area contributed by atoms with Gasteiger partial charge in [-0.05, 0) is 123 Å². The molecule has 0 radical (unpaired) electrons. The molecule has 4 saturated carbocycles. The Morgan fingerprint density at radius 2 is 1.62 bits per heavy atom. The molecule has 7 rings (SSSR count). The van der Waals surface area contributed by atoms with Crippen LogP contribution in [0.5, 0.6) is 0 Å². The lowest BCUT2D eigenvalue weighted by Gasteiger charge is -2.61. The Morgan fingerprint density at radius 1 is 0.875 bits per heavy atom. The number of ether oxygens (including phenoxy) is 2. The summed E-state index contributed by atoms with van der Waals surface area (Å²) in [4.78, 5) is 0.278. The number of rotatable bonds is 3. The van der Waals surface area contributed by atoms with Gasteiger partial charge >= 0.3 is 0 Å². The van der Waals surface area contributed by atoms with Gasteiger partial charge in [0, 0.05) is 12.3 Å². The van der Waals surface area contributed by atoms with Crippen LogP contribution in [0.4, 0.5) is 0 Å². The minimum absolute atomic E-state index is 0.204. The molecule has 2 aliphatic heterocycles. The fraction of sp³-hybridized carbons (Fsp3) is 0.824. The van der Waals surface area contributed by atoms with Crippen LogP contribution in [0.15, 0.2) is 29.2 Å². The molecule has 5 nitrogen and oxygen atoms in total. The van der Waals surface area contributed by atoms with Crippen molar-refractivity contribution in [3.8, 4) is 0 Å². The van der Waals surface area contributed by atoms with Gasteiger partial charge in [-0.1, -0.05) is 45.4 Å². The Morgan fingerprint density at radius 3 is 2.35 bits per heavy atom. The van der Waals surface area contributed by atoms with Crippen molar-refractivity contribution in [2.75, 3.05) is 6.61 Å². The Kier molecular flexibility index (Phi) is 6.63. The standard InChI is InChI=1S/C34H50O5S/c1-21-6-9-26(10-7-21)40(35,36)39-25-13-15-32(4)24(18-25)8-11-27-28(32)14-16-33(5)29(27)19-30-31(33)23(3)34(38-30)17-12-22(2)20-37-34/h6-7,9-10,22-25,27-31H,8,11-20H2,1-5H3/t22-,23-,24+,25+,27+,28-,29+,30-,31+,32-,33-,34+/m0/s1. The normalized spacial score (nSPS) is 50.2. The summed E-state index contributed by atoms with van der Waals surface area (Å²) >= 11 is 0. The zero-order valence-electron chi connectivity index (χ0n) is 25.2. The van der Waals surface area contributed by atoms with Crippen molar-refractivity contribution in [2.45, 2.75) is 122 Å². The molecule has 222 valence electrons. The molecule has 0 bridgehead atoms. The molecule has 2 heterocycles. The van der Waals surface area contributed by atoms with E-state index in [9.17, 15) is 8.42 Å². The summed E-state index contributed by atoms with van der Waals surface area (Å²) in [6.45, 7) is 12.7. The summed E-state index contributed by atoms with van der Waals surface area (Å²) in [5, 5.41) is 0. The van der Waals surface area contributed by atoms with Crippen LogP contribution in [-0.4, -0.2) is 33.0 Å². The second-order valence-electron chi connectivity index (χ2n) is 15.4. The van der Waals surface area contributed by atoms with Gasteiger partial charge in [0.1, 0.15) is 0 Å². The average molecular weight is 571 g/mol. The molecule has 12 atom stereocenters. The molecule has 0 aromatic heterocycles. The molecule has 0 unspecified atom stereocenters. The van der Waals surface area contributed by atoms with Gasteiger partial charge in [0.25, 0.3) is 10.1 Å². The van der Waals surface area contributed by atoms with Crippen molar-refractivity contribution < 1.29 is 22.1 Å². The number of aryl methyl sites for hydroxylation is 1. The molecule has 0 N–H and O–H groups in total. The summed E-state index contributed by atoms with van der Waals surface area (Å²) < 4.78 is 45.4. The number of fused-ring (bicyclic) bond motifs is 7. The van der Waals surface area contributed by atoms with E-state index in [1.807, 2.05) is 19.1 Å². The van der Waals surface area contributed by atoms with Crippen LogP contribution in [0.2, 0.25) is 0 Å². The van der Waals surface area contributed by atoms with Crippen molar-refractivity contribution in [3.05, 3.63) is 29.8 Å². The third kappa shape index (κ3) is 4.12. The van der Waals surface area contributed by atoms with Crippen LogP contribution in [0.1, 0.15) is 97.5 Å². The molecule has 1 aromatic carbocycles. The third-order valence-corrected chi connectivity index (χ3v) is 14.8. The maximum absolute atomic E-state index is 13.0. The van der Waals surface area contributed by atoms with Crippen molar-refractivity contribution in [1.82, 2.24) is 0 Å². The lowest BCUT2D eigenvalue weighted by atomic mass is 9.44. The number of benzene rings is 1. The van der Waals surface area contributed by atoms with E-state index >= 15 is 0 Å². The van der Waals surface area contributed by atoms with E-state index < -0.39 is 10.1 Å². The minimum atomic E-state index is -3.73. The van der Waals surface area contributed by atoms with Crippen LogP contribution in [0.3, 0.4) is 0 Å². The van der Waals surface area contributed by atoms with Gasteiger partial charge in [0.15, 0.2) is 5.79 Å². The average Bonchev–Trinajstić information content (AvgIpc) is 3.36. The third-order valence-electron chi connectivity index (χ3n) is 13.5. The highest BCUT2D eigenvalue weighted by Crippen LogP contribution is 2.71. The summed E-state index contributed by atoms with van der Waals surface area (Å²) in [7, 11) is -3.73. The Balaban J connectivity index is 1.05. The first-order chi connectivity index (χ1) is 19.0. The Hall–Kier alpha value is -0.950. The first kappa shape index (κ1) is 27.9. The molecule has 6 fully saturated rings. The quantitative estimate of drug-likeness (QED) is 0.352. The minimum Gasteiger partial charge on any atom is -0.349 e. The first-order valence-corrected chi connectivity index (χ1v) is 17.7. The summed E-state index contributed by atoms with van der Waals surface area (Å²) in [6.07, 6.45) is 11.5. The molecule has 6 aliphatic rings. The van der Waals surface area contributed by atoms with E-state index in [0.29, 0.717) is 35.2 Å². The number of hydrogen-bond donors (Lipinski definition) is 0. The van der Waals surface area contributed by atoms with Crippen LogP contribution in [-0.2, 0) is 23.8 Å². The molecule has 40 heavy (non-hydrogen) atoms. The van der Waals surface area contributed by atoms with E-state index in [1.165, 1.54) is 38.5 Å². The van der Waals surface area contributed by atoms with Crippen molar-refractivity contribution in [3.63, 3.8) is 0 Å². The van der Waals surface area contributed by atoms with Crippen molar-refractivity contribution in [1.29, 1.82) is 0 Å². The lowest BCUT2D eigenvalue weighted by molar-refractivity contribution is -0.273. The van der Waals surface area contributed by atoms with Crippen LogP contribution in [0.25, 0.3) is 0 Å². The number of hydrogen-bond acceptors (Lipinski definition) is 5. The van der Waals surface area contributed by atoms with Crippen molar-refractivity contribution in [2.24, 2.45) is 52.3 Å². The maximum Gasteiger partial charge on any atom is 0.297 e. The summed E-state index contributed by atoms with van der Waals surface area (Å²) in [6, 6.07) is 7.04. The Bertz CT molecular complexity index is 1220. The predicted molar refractivity (Wildman–Crippen MR) is 155 cm³/mol. The zero-order chi connectivity index (χ0) is 28.1. The molecule has 4 aliphatic carbocycles. The second-order valence-corrected chi connectivity index (χ2v) is 17.0. The maximum atomic E-state index is 13.0. The van der Waals surface area contributed by atoms with Crippen LogP contribution < -0.4 is 0 Å². The molecule has 1 aromatic rings. The summed E-state index contributed by atoms with van der Waals surface area (Å²) in [5.41, 5.74) is 1.68. The fourth-order valence-electron chi connectivity index (χ4n) is 11.3.